The molecule has 0 radical (unpaired) electrons. The van der Waals surface area contributed by atoms with E-state index in [-0.39, 0.29) is 12.6 Å². The second kappa shape index (κ2) is 7.28. The first-order valence-electron chi connectivity index (χ1n) is 4.99. The molecule has 1 atom stereocenters. The molecule has 1 aromatic carbocycles. The number of aliphatic hydroxyl groups excluding tert-OH is 1. The van der Waals surface area contributed by atoms with Crippen LogP contribution in [0.25, 0.3) is 0 Å². The monoisotopic (exact) mass is 289 g/mol. The Kier molecular flexibility index (Phi) is 6.32. The van der Waals surface area contributed by atoms with Crippen LogP contribution in [0, 0.1) is 0 Å². The molecule has 0 aromatic heterocycles. The summed E-state index contributed by atoms with van der Waals surface area (Å²) in [6.07, 6.45) is 0. The number of nitrogens with one attached hydrogen (secondary N) is 1. The van der Waals surface area contributed by atoms with Crippen LogP contribution in [0.3, 0.4) is 0 Å². The largest absolute Gasteiger partial charge is 0.395 e. The maximum atomic E-state index is 9.12. The van der Waals surface area contributed by atoms with Gasteiger partial charge in [0.05, 0.1) is 6.61 Å². The zero-order valence-electron chi connectivity index (χ0n) is 8.74. The van der Waals surface area contributed by atoms with Crippen molar-refractivity contribution in [2.24, 2.45) is 0 Å². The van der Waals surface area contributed by atoms with Gasteiger partial charge in [-0.3, -0.25) is 0 Å². The molecule has 0 fully saturated rings. The third-order valence-electron chi connectivity index (χ3n) is 1.99. The fourth-order valence-corrected chi connectivity index (χ4v) is 2.83. The molecule has 0 aliphatic heterocycles. The maximum absolute atomic E-state index is 9.12. The van der Waals surface area contributed by atoms with Gasteiger partial charge < -0.3 is 10.4 Å². The van der Waals surface area contributed by atoms with E-state index in [0.717, 1.165) is 16.8 Å². The van der Waals surface area contributed by atoms with E-state index >= 15 is 0 Å². The van der Waals surface area contributed by atoms with Crippen molar-refractivity contribution in [3.05, 3.63) is 28.7 Å². The average Bonchev–Trinajstić information content (AvgIpc) is 2.26. The molecule has 0 spiro atoms. The Hall–Kier alpha value is -0.0300. The fourth-order valence-electron chi connectivity index (χ4n) is 1.22. The predicted octanol–water partition coefficient (Wildman–Crippen LogP) is 2.51. The second-order valence-electron chi connectivity index (χ2n) is 3.18. The molecule has 1 aromatic rings. The highest BCUT2D eigenvalue weighted by atomic mass is 79.9. The molecule has 0 heterocycles. The number of aliphatic hydroxyl groups is 1. The van der Waals surface area contributed by atoms with Crippen molar-refractivity contribution >= 4 is 27.7 Å². The molecule has 0 saturated heterocycles. The van der Waals surface area contributed by atoms with Crippen LogP contribution in [-0.4, -0.2) is 30.1 Å². The topological polar surface area (TPSA) is 32.3 Å². The number of hydrogen-bond donors (Lipinski definition) is 2. The smallest absolute Gasteiger partial charge is 0.0592 e. The van der Waals surface area contributed by atoms with Gasteiger partial charge in [0.25, 0.3) is 0 Å². The molecular weight excluding hydrogens is 274 g/mol. The van der Waals surface area contributed by atoms with E-state index in [1.807, 2.05) is 25.1 Å². The van der Waals surface area contributed by atoms with E-state index in [1.54, 1.807) is 11.8 Å². The van der Waals surface area contributed by atoms with Crippen LogP contribution in [-0.2, 0) is 0 Å². The molecule has 0 saturated carbocycles. The molecule has 0 aliphatic carbocycles. The fraction of sp³-hybridized carbons (Fsp3) is 0.455. The van der Waals surface area contributed by atoms with E-state index in [4.69, 9.17) is 5.11 Å². The molecule has 0 amide bonds. The van der Waals surface area contributed by atoms with Gasteiger partial charge in [0.1, 0.15) is 0 Å². The molecule has 84 valence electrons. The summed E-state index contributed by atoms with van der Waals surface area (Å²) < 4.78 is 1.11. The first-order chi connectivity index (χ1) is 7.27. The van der Waals surface area contributed by atoms with Crippen molar-refractivity contribution in [3.63, 3.8) is 0 Å². The first kappa shape index (κ1) is 13.0. The normalized spacial score (nSPS) is 12.7. The molecule has 0 aliphatic rings. The summed E-state index contributed by atoms with van der Waals surface area (Å²) >= 11 is 5.25. The van der Waals surface area contributed by atoms with Crippen molar-refractivity contribution in [3.8, 4) is 0 Å². The Balaban J connectivity index is 2.45. The van der Waals surface area contributed by atoms with Crippen LogP contribution in [0.5, 0.6) is 0 Å². The number of thioether (sulfide) groups is 1. The lowest BCUT2D eigenvalue weighted by Crippen LogP contribution is -2.34. The summed E-state index contributed by atoms with van der Waals surface area (Å²) in [4.78, 5) is 1.22. The van der Waals surface area contributed by atoms with Crippen molar-refractivity contribution in [2.75, 3.05) is 18.9 Å². The van der Waals surface area contributed by atoms with Crippen molar-refractivity contribution in [2.45, 2.75) is 17.9 Å². The van der Waals surface area contributed by atoms with Gasteiger partial charge >= 0.3 is 0 Å². The van der Waals surface area contributed by atoms with Gasteiger partial charge in [-0.1, -0.05) is 19.1 Å². The Bertz CT molecular complexity index is 296. The SMILES string of the molecule is CCNC(CO)CSc1ccccc1Br. The number of halogens is 1. The van der Waals surface area contributed by atoms with Gasteiger partial charge in [0.15, 0.2) is 0 Å². The molecule has 0 bridgehead atoms. The maximum Gasteiger partial charge on any atom is 0.0592 e. The van der Waals surface area contributed by atoms with Crippen LogP contribution >= 0.6 is 27.7 Å². The molecule has 1 rings (SSSR count). The lowest BCUT2D eigenvalue weighted by molar-refractivity contribution is 0.255. The summed E-state index contributed by atoms with van der Waals surface area (Å²) in [7, 11) is 0. The Morgan fingerprint density at radius 1 is 1.47 bits per heavy atom. The quantitative estimate of drug-likeness (QED) is 0.790. The van der Waals surface area contributed by atoms with Crippen molar-refractivity contribution in [1.82, 2.24) is 5.32 Å². The minimum absolute atomic E-state index is 0.173. The van der Waals surface area contributed by atoms with Gasteiger partial charge in [-0.05, 0) is 34.6 Å². The van der Waals surface area contributed by atoms with Crippen LogP contribution in [0.4, 0.5) is 0 Å². The van der Waals surface area contributed by atoms with E-state index in [2.05, 4.69) is 27.3 Å². The highest BCUT2D eigenvalue weighted by Gasteiger charge is 2.07. The Morgan fingerprint density at radius 3 is 2.80 bits per heavy atom. The number of rotatable bonds is 6. The van der Waals surface area contributed by atoms with Crippen LogP contribution in [0.1, 0.15) is 6.92 Å². The Labute approximate surface area is 104 Å². The molecule has 2 nitrogen and oxygen atoms in total. The first-order valence-corrected chi connectivity index (χ1v) is 6.77. The lowest BCUT2D eigenvalue weighted by Gasteiger charge is -2.14. The van der Waals surface area contributed by atoms with Gasteiger partial charge in [0.2, 0.25) is 0 Å². The summed E-state index contributed by atoms with van der Waals surface area (Å²) in [5.41, 5.74) is 0. The highest BCUT2D eigenvalue weighted by molar-refractivity contribution is 9.10. The molecule has 4 heteroatoms. The van der Waals surface area contributed by atoms with Gasteiger partial charge in [0, 0.05) is 21.2 Å². The summed E-state index contributed by atoms with van der Waals surface area (Å²) in [5.74, 6) is 0.882. The standard InChI is InChI=1S/C11H16BrNOS/c1-2-13-9(7-14)8-15-11-6-4-3-5-10(11)12/h3-6,9,13-14H,2,7-8H2,1H3. The van der Waals surface area contributed by atoms with E-state index in [1.165, 1.54) is 4.90 Å². The summed E-state index contributed by atoms with van der Waals surface area (Å²) in [6, 6.07) is 8.31. The highest BCUT2D eigenvalue weighted by Crippen LogP contribution is 2.27. The number of hydrogen-bond acceptors (Lipinski definition) is 3. The molecule has 1 unspecified atom stereocenters. The number of benzene rings is 1. The van der Waals surface area contributed by atoms with Gasteiger partial charge in [-0.2, -0.15) is 0 Å². The Morgan fingerprint density at radius 2 is 2.20 bits per heavy atom. The van der Waals surface area contributed by atoms with Crippen molar-refractivity contribution in [1.29, 1.82) is 0 Å². The molecule has 2 N–H and O–H groups in total. The van der Waals surface area contributed by atoms with E-state index < -0.39 is 0 Å². The molecule has 15 heavy (non-hydrogen) atoms. The van der Waals surface area contributed by atoms with Crippen LogP contribution in [0.15, 0.2) is 33.6 Å². The third-order valence-corrected chi connectivity index (χ3v) is 4.18. The minimum Gasteiger partial charge on any atom is -0.395 e. The van der Waals surface area contributed by atoms with Crippen molar-refractivity contribution < 1.29 is 5.11 Å². The minimum atomic E-state index is 0.173. The zero-order valence-corrected chi connectivity index (χ0v) is 11.1. The average molecular weight is 290 g/mol. The summed E-state index contributed by atoms with van der Waals surface area (Å²) in [5, 5.41) is 12.4. The van der Waals surface area contributed by atoms with Gasteiger partial charge in [-0.25, -0.2) is 0 Å². The van der Waals surface area contributed by atoms with E-state index in [0.29, 0.717) is 0 Å². The van der Waals surface area contributed by atoms with E-state index in [9.17, 15) is 0 Å². The lowest BCUT2D eigenvalue weighted by atomic mass is 10.3. The molecular formula is C11H16BrNOS. The van der Waals surface area contributed by atoms with Crippen LogP contribution < -0.4 is 5.32 Å². The third kappa shape index (κ3) is 4.55. The number of likely N-dealkylation sites (N-methyl/N-ethyl adjacent to an activating group) is 1. The predicted molar refractivity (Wildman–Crippen MR) is 69.4 cm³/mol. The second-order valence-corrected chi connectivity index (χ2v) is 5.09. The zero-order chi connectivity index (χ0) is 11.1. The summed E-state index contributed by atoms with van der Waals surface area (Å²) in [6.45, 7) is 3.12. The van der Waals surface area contributed by atoms with Gasteiger partial charge in [-0.15, -0.1) is 11.8 Å². The van der Waals surface area contributed by atoms with Crippen LogP contribution in [0.2, 0.25) is 0 Å².